The van der Waals surface area contributed by atoms with Crippen molar-refractivity contribution in [2.75, 3.05) is 25.6 Å². The second-order valence-electron chi connectivity index (χ2n) is 7.26. The Labute approximate surface area is 182 Å². The fourth-order valence-electron chi connectivity index (χ4n) is 3.34. The van der Waals surface area contributed by atoms with Crippen LogP contribution in [-0.2, 0) is 11.3 Å². The van der Waals surface area contributed by atoms with Gasteiger partial charge in [0.05, 0.1) is 19.2 Å². The van der Waals surface area contributed by atoms with Crippen LogP contribution in [0.5, 0.6) is 5.75 Å². The average molecular weight is 424 g/mol. The van der Waals surface area contributed by atoms with Crippen LogP contribution < -0.4 is 20.4 Å². The minimum absolute atomic E-state index is 0.339. The topological polar surface area (TPSA) is 99.6 Å². The van der Waals surface area contributed by atoms with Crippen LogP contribution in [0.4, 0.5) is 11.5 Å². The van der Waals surface area contributed by atoms with Gasteiger partial charge in [0.15, 0.2) is 0 Å². The van der Waals surface area contributed by atoms with E-state index in [1.54, 1.807) is 12.6 Å². The van der Waals surface area contributed by atoms with Gasteiger partial charge < -0.3 is 15.0 Å². The minimum atomic E-state index is -0.342. The highest BCUT2D eigenvalue weighted by Crippen LogP contribution is 2.29. The number of fused-ring (bicyclic) bond motifs is 1. The Hall–Kier alpha value is -3.23. The van der Waals surface area contributed by atoms with Gasteiger partial charge in [0.1, 0.15) is 17.4 Å². The maximum absolute atomic E-state index is 11.0. The molecule has 2 aromatic carbocycles. The number of anilines is 2. The number of methoxy groups -OCH3 is 1. The fraction of sp³-hybridized carbons (Fsp3) is 0.348. The van der Waals surface area contributed by atoms with Gasteiger partial charge in [-0.2, -0.15) is 0 Å². The van der Waals surface area contributed by atoms with E-state index in [-0.39, 0.29) is 5.91 Å². The Bertz CT molecular complexity index is 994. The zero-order chi connectivity index (χ0) is 22.1. The lowest BCUT2D eigenvalue weighted by atomic mass is 10.2. The van der Waals surface area contributed by atoms with Crippen molar-refractivity contribution < 1.29 is 14.7 Å². The molecular formula is C23H29N5O3. The molecule has 8 nitrogen and oxygen atoms in total. The molecule has 0 saturated heterocycles. The molecule has 0 aliphatic rings. The quantitative estimate of drug-likeness (QED) is 0.246. The second-order valence-corrected chi connectivity index (χ2v) is 7.26. The van der Waals surface area contributed by atoms with Crippen molar-refractivity contribution in [2.45, 2.75) is 32.2 Å². The molecule has 0 aliphatic carbocycles. The molecule has 0 aliphatic heterocycles. The molecule has 31 heavy (non-hydrogen) atoms. The number of hydroxylamine groups is 1. The summed E-state index contributed by atoms with van der Waals surface area (Å²) >= 11 is 0. The number of unbranched alkanes of at least 4 members (excludes halogenated alkanes) is 2. The molecule has 0 atom stereocenters. The number of aromatic nitrogens is 2. The summed E-state index contributed by atoms with van der Waals surface area (Å²) in [6, 6.07) is 15.9. The lowest BCUT2D eigenvalue weighted by Gasteiger charge is -2.21. The van der Waals surface area contributed by atoms with Crippen molar-refractivity contribution in [3.8, 4) is 5.75 Å². The van der Waals surface area contributed by atoms with E-state index >= 15 is 0 Å². The normalized spacial score (nSPS) is 10.8. The third-order valence-electron chi connectivity index (χ3n) is 5.07. The van der Waals surface area contributed by atoms with Crippen LogP contribution in [0.15, 0.2) is 48.5 Å². The number of nitrogens with zero attached hydrogens (tertiary/aromatic N) is 3. The van der Waals surface area contributed by atoms with Crippen LogP contribution in [0.1, 0.15) is 31.5 Å². The van der Waals surface area contributed by atoms with Crippen molar-refractivity contribution in [3.05, 3.63) is 54.4 Å². The number of carbonyl (C=O) groups excluding carboxylic acids is 1. The second kappa shape index (κ2) is 11.2. The molecule has 3 rings (SSSR count). The van der Waals surface area contributed by atoms with Gasteiger partial charge in [0.2, 0.25) is 5.91 Å². The predicted molar refractivity (Wildman–Crippen MR) is 121 cm³/mol. The van der Waals surface area contributed by atoms with E-state index in [4.69, 9.17) is 19.9 Å². The average Bonchev–Trinajstić information content (AvgIpc) is 2.82. The van der Waals surface area contributed by atoms with Crippen LogP contribution in [0.25, 0.3) is 10.9 Å². The summed E-state index contributed by atoms with van der Waals surface area (Å²) in [5.41, 5.74) is 3.57. The van der Waals surface area contributed by atoms with Crippen LogP contribution >= 0.6 is 0 Å². The van der Waals surface area contributed by atoms with Gasteiger partial charge in [-0.15, -0.1) is 0 Å². The van der Waals surface area contributed by atoms with Gasteiger partial charge >= 0.3 is 0 Å². The molecular weight excluding hydrogens is 394 g/mol. The fourth-order valence-corrected chi connectivity index (χ4v) is 3.34. The Morgan fingerprint density at radius 2 is 1.84 bits per heavy atom. The third-order valence-corrected chi connectivity index (χ3v) is 5.07. The molecule has 0 radical (unpaired) electrons. The van der Waals surface area contributed by atoms with E-state index < -0.39 is 0 Å². The smallest absolute Gasteiger partial charge is 0.243 e. The molecule has 3 aromatic rings. The first kappa shape index (κ1) is 22.5. The van der Waals surface area contributed by atoms with Gasteiger partial charge in [-0.3, -0.25) is 10.0 Å². The van der Waals surface area contributed by atoms with Gasteiger partial charge in [-0.25, -0.2) is 15.4 Å². The van der Waals surface area contributed by atoms with Gasteiger partial charge in [0, 0.05) is 24.5 Å². The maximum atomic E-state index is 11.0. The summed E-state index contributed by atoms with van der Waals surface area (Å²) < 4.78 is 5.26. The first-order chi connectivity index (χ1) is 15.1. The SMILES string of the molecule is COc1ccc(N(C)c2nc(CNCCCCCC(=O)NO)nc3ccccc23)cc1. The number of ether oxygens (including phenoxy) is 1. The summed E-state index contributed by atoms with van der Waals surface area (Å²) in [5, 5.41) is 12.9. The van der Waals surface area contributed by atoms with Gasteiger partial charge in [0.25, 0.3) is 0 Å². The van der Waals surface area contributed by atoms with Crippen molar-refractivity contribution in [2.24, 2.45) is 0 Å². The van der Waals surface area contributed by atoms with Crippen LogP contribution in [-0.4, -0.2) is 41.8 Å². The third kappa shape index (κ3) is 6.13. The zero-order valence-electron chi connectivity index (χ0n) is 18.0. The first-order valence-electron chi connectivity index (χ1n) is 10.4. The highest BCUT2D eigenvalue weighted by molar-refractivity contribution is 5.91. The van der Waals surface area contributed by atoms with Crippen molar-refractivity contribution in [1.82, 2.24) is 20.8 Å². The molecule has 164 valence electrons. The van der Waals surface area contributed by atoms with E-state index in [0.29, 0.717) is 13.0 Å². The summed E-state index contributed by atoms with van der Waals surface area (Å²) in [4.78, 5) is 22.6. The number of carbonyl (C=O) groups is 1. The van der Waals surface area contributed by atoms with E-state index in [0.717, 1.165) is 59.8 Å². The van der Waals surface area contributed by atoms with Gasteiger partial charge in [-0.05, 0) is 55.8 Å². The molecule has 1 heterocycles. The summed E-state index contributed by atoms with van der Waals surface area (Å²) in [6.07, 6.45) is 2.93. The lowest BCUT2D eigenvalue weighted by Crippen LogP contribution is -2.20. The highest BCUT2D eigenvalue weighted by Gasteiger charge is 2.13. The number of benzene rings is 2. The molecule has 0 bridgehead atoms. The lowest BCUT2D eigenvalue weighted by molar-refractivity contribution is -0.129. The molecule has 0 unspecified atom stereocenters. The Morgan fingerprint density at radius 1 is 1.06 bits per heavy atom. The van der Waals surface area contributed by atoms with Crippen molar-refractivity contribution in [3.63, 3.8) is 0 Å². The number of amides is 1. The molecule has 1 aromatic heterocycles. The van der Waals surface area contributed by atoms with E-state index in [1.165, 1.54) is 0 Å². The number of rotatable bonds is 11. The van der Waals surface area contributed by atoms with E-state index in [2.05, 4.69) is 10.2 Å². The van der Waals surface area contributed by atoms with Crippen molar-refractivity contribution >= 4 is 28.3 Å². The van der Waals surface area contributed by atoms with E-state index in [1.807, 2.05) is 55.6 Å². The van der Waals surface area contributed by atoms with Crippen LogP contribution in [0.3, 0.4) is 0 Å². The number of para-hydroxylation sites is 1. The Kier molecular flexibility index (Phi) is 8.14. The standard InChI is InChI=1S/C23H29N5O3/c1-28(17-11-13-18(31-2)14-12-17)23-19-8-5-6-9-20(19)25-21(26-23)16-24-15-7-3-4-10-22(29)27-30/h5-6,8-9,11-14,24,30H,3-4,7,10,15-16H2,1-2H3,(H,27,29). The minimum Gasteiger partial charge on any atom is -0.497 e. The largest absolute Gasteiger partial charge is 0.497 e. The summed E-state index contributed by atoms with van der Waals surface area (Å²) in [7, 11) is 3.65. The van der Waals surface area contributed by atoms with E-state index in [9.17, 15) is 4.79 Å². The molecule has 0 spiro atoms. The number of hydrogen-bond donors (Lipinski definition) is 3. The summed E-state index contributed by atoms with van der Waals surface area (Å²) in [6.45, 7) is 1.37. The van der Waals surface area contributed by atoms with Crippen molar-refractivity contribution in [1.29, 1.82) is 0 Å². The molecule has 1 amide bonds. The number of nitrogens with one attached hydrogen (secondary N) is 2. The van der Waals surface area contributed by atoms with Crippen LogP contribution in [0.2, 0.25) is 0 Å². The molecule has 0 fully saturated rings. The van der Waals surface area contributed by atoms with Gasteiger partial charge in [-0.1, -0.05) is 18.6 Å². The van der Waals surface area contributed by atoms with Crippen LogP contribution in [0, 0.1) is 0 Å². The predicted octanol–water partition coefficient (Wildman–Crippen LogP) is 3.56. The molecule has 8 heteroatoms. The molecule has 0 saturated carbocycles. The summed E-state index contributed by atoms with van der Waals surface area (Å²) in [5.74, 6) is 2.05. The highest BCUT2D eigenvalue weighted by atomic mass is 16.5. The molecule has 3 N–H and O–H groups in total. The number of hydrogen-bond acceptors (Lipinski definition) is 7. The Balaban J connectivity index is 1.67. The first-order valence-corrected chi connectivity index (χ1v) is 10.4. The maximum Gasteiger partial charge on any atom is 0.243 e. The monoisotopic (exact) mass is 423 g/mol. The zero-order valence-corrected chi connectivity index (χ0v) is 18.0. The Morgan fingerprint density at radius 3 is 2.58 bits per heavy atom.